The van der Waals surface area contributed by atoms with Gasteiger partial charge in [0.25, 0.3) is 0 Å². The number of aromatic nitrogens is 2. The summed E-state index contributed by atoms with van der Waals surface area (Å²) >= 11 is 0. The Labute approximate surface area is 254 Å². The van der Waals surface area contributed by atoms with Crippen LogP contribution in [0, 0.1) is 22.9 Å². The Morgan fingerprint density at radius 2 is 0.826 bits per heavy atom. The van der Waals surface area contributed by atoms with Crippen molar-refractivity contribution < 1.29 is 26.3 Å². The van der Waals surface area contributed by atoms with Gasteiger partial charge in [-0.1, -0.05) is 36.4 Å². The molecule has 0 spiro atoms. The molecule has 0 saturated carbocycles. The molecule has 0 N–H and O–H groups in total. The Morgan fingerprint density at radius 3 is 1.15 bits per heavy atom. The summed E-state index contributed by atoms with van der Waals surface area (Å²) in [4.78, 5) is 15.3. The minimum Gasteiger partial charge on any atom is -0.251 e. The highest BCUT2D eigenvalue weighted by molar-refractivity contribution is 6.21. The average molecular weight is 621 g/mol. The zero-order valence-corrected chi connectivity index (χ0v) is 23.0. The first-order valence-electron chi connectivity index (χ1n) is 13.5. The van der Waals surface area contributed by atoms with Crippen LogP contribution < -0.4 is 10.7 Å². The van der Waals surface area contributed by atoms with Crippen LogP contribution in [-0.4, -0.2) is 9.97 Å². The Balaban J connectivity index is 1.44. The summed E-state index contributed by atoms with van der Waals surface area (Å²) in [5.41, 5.74) is 0.0271. The van der Waals surface area contributed by atoms with E-state index < -0.39 is 23.7 Å². The molecule has 12 heteroatoms. The van der Waals surface area contributed by atoms with Gasteiger partial charge in [0.2, 0.25) is 12.4 Å². The largest absolute Gasteiger partial charge is 0.433 e. The minimum absolute atomic E-state index is 0.372. The standard InChI is InChI=1S/C34H14F6N6/c35-33(36,37)29-7-3-19(13-43-29)17-1-5-21-23-11-28-24(12-27(23)31(45-15-41)25(21)9-17)22-6-2-18(10-26(22)32(28)46-16-42)20-4-8-30(44-14-20)34(38,39)40/h1-14H. The molecule has 2 heterocycles. The lowest BCUT2D eigenvalue weighted by Gasteiger charge is -2.07. The quantitative estimate of drug-likeness (QED) is 0.144. The van der Waals surface area contributed by atoms with Crippen molar-refractivity contribution in [3.63, 3.8) is 0 Å². The highest BCUT2D eigenvalue weighted by Gasteiger charge is 2.33. The number of nitriles is 2. The van der Waals surface area contributed by atoms with Gasteiger partial charge in [-0.3, -0.25) is 9.97 Å². The van der Waals surface area contributed by atoms with Crippen molar-refractivity contribution >= 4 is 43.1 Å². The number of benzene rings is 3. The first-order chi connectivity index (χ1) is 22.0. The maximum absolute atomic E-state index is 13.0. The van der Waals surface area contributed by atoms with Crippen LogP contribution in [0.3, 0.4) is 0 Å². The predicted octanol–water partition coefficient (Wildman–Crippen LogP) is 8.10. The third-order valence-electron chi connectivity index (χ3n) is 7.90. The van der Waals surface area contributed by atoms with E-state index in [1.165, 1.54) is 12.1 Å². The molecule has 6 nitrogen and oxygen atoms in total. The molecule has 222 valence electrons. The lowest BCUT2D eigenvalue weighted by atomic mass is 10.0. The van der Waals surface area contributed by atoms with Crippen LogP contribution in [0.25, 0.3) is 65.3 Å². The van der Waals surface area contributed by atoms with Gasteiger partial charge in [-0.15, -0.1) is 0 Å². The van der Waals surface area contributed by atoms with E-state index in [-0.39, 0.29) is 0 Å². The van der Waals surface area contributed by atoms with Crippen molar-refractivity contribution in [3.8, 4) is 34.6 Å². The molecular weight excluding hydrogens is 606 g/mol. The first-order valence-corrected chi connectivity index (χ1v) is 13.5. The van der Waals surface area contributed by atoms with E-state index in [1.54, 1.807) is 36.4 Å². The zero-order valence-electron chi connectivity index (χ0n) is 23.0. The molecule has 0 bridgehead atoms. The molecule has 0 unspecified atom stereocenters. The highest BCUT2D eigenvalue weighted by Crippen LogP contribution is 2.36. The Kier molecular flexibility index (Phi) is 6.35. The van der Waals surface area contributed by atoms with Crippen molar-refractivity contribution in [3.05, 3.63) is 107 Å². The van der Waals surface area contributed by atoms with Crippen molar-refractivity contribution in [2.75, 3.05) is 0 Å². The summed E-state index contributed by atoms with van der Waals surface area (Å²) in [6.07, 6.45) is -3.19. The molecule has 0 aliphatic rings. The molecule has 0 amide bonds. The van der Waals surface area contributed by atoms with Crippen molar-refractivity contribution in [1.29, 1.82) is 10.5 Å². The fraction of sp³-hybridized carbons (Fsp3) is 0.0588. The molecule has 0 atom stereocenters. The van der Waals surface area contributed by atoms with E-state index in [0.717, 1.165) is 35.3 Å². The van der Waals surface area contributed by atoms with Gasteiger partial charge in [0, 0.05) is 45.1 Å². The SMILES string of the molecule is N#CN=c1c2cc(-c3ccc(C(F)(F)F)nc3)ccc2c2cc3c(=NC#N)c4cc(-c5ccc(C(F)(F)F)nc5)ccc4c3cc12. The van der Waals surface area contributed by atoms with Gasteiger partial charge in [-0.25, -0.2) is 0 Å². The third-order valence-corrected chi connectivity index (χ3v) is 7.90. The van der Waals surface area contributed by atoms with Crippen LogP contribution in [-0.2, 0) is 12.4 Å². The molecule has 0 aliphatic heterocycles. The van der Waals surface area contributed by atoms with E-state index in [1.807, 2.05) is 24.5 Å². The van der Waals surface area contributed by atoms with E-state index in [4.69, 9.17) is 0 Å². The van der Waals surface area contributed by atoms with Crippen LogP contribution in [0.15, 0.2) is 95.2 Å². The highest BCUT2D eigenvalue weighted by atomic mass is 19.4. The van der Waals surface area contributed by atoms with Gasteiger partial charge in [-0.05, 0) is 69.1 Å². The molecule has 0 radical (unpaired) electrons. The van der Waals surface area contributed by atoms with Crippen molar-refractivity contribution in [2.45, 2.75) is 12.4 Å². The van der Waals surface area contributed by atoms with E-state index in [0.29, 0.717) is 65.3 Å². The van der Waals surface area contributed by atoms with Gasteiger partial charge in [0.1, 0.15) is 11.4 Å². The number of pyridine rings is 2. The molecule has 0 fully saturated rings. The van der Waals surface area contributed by atoms with Gasteiger partial charge >= 0.3 is 12.4 Å². The van der Waals surface area contributed by atoms with Crippen LogP contribution in [0.4, 0.5) is 26.3 Å². The lowest BCUT2D eigenvalue weighted by molar-refractivity contribution is -0.141. The molecule has 0 saturated heterocycles. The predicted molar refractivity (Wildman–Crippen MR) is 158 cm³/mol. The van der Waals surface area contributed by atoms with Crippen LogP contribution in [0.1, 0.15) is 11.4 Å². The van der Waals surface area contributed by atoms with Crippen molar-refractivity contribution in [1.82, 2.24) is 9.97 Å². The number of rotatable bonds is 2. The Morgan fingerprint density at radius 1 is 0.457 bits per heavy atom. The number of halogens is 6. The normalized spacial score (nSPS) is 13.2. The number of alkyl halides is 6. The number of hydrogen-bond donors (Lipinski definition) is 0. The second-order valence-electron chi connectivity index (χ2n) is 10.4. The molecule has 7 rings (SSSR count). The van der Waals surface area contributed by atoms with E-state index in [9.17, 15) is 36.9 Å². The summed E-state index contributed by atoms with van der Waals surface area (Å²) in [6, 6.07) is 18.7. The topological polar surface area (TPSA) is 98.1 Å². The average Bonchev–Trinajstić information content (AvgIpc) is 3.50. The summed E-state index contributed by atoms with van der Waals surface area (Å²) in [7, 11) is 0. The van der Waals surface area contributed by atoms with Crippen LogP contribution in [0.5, 0.6) is 0 Å². The van der Waals surface area contributed by atoms with Gasteiger partial charge < -0.3 is 0 Å². The summed E-state index contributed by atoms with van der Waals surface area (Å²) in [5, 5.41) is 25.2. The smallest absolute Gasteiger partial charge is 0.251 e. The summed E-state index contributed by atoms with van der Waals surface area (Å²) in [5.74, 6) is 0. The van der Waals surface area contributed by atoms with Crippen LogP contribution in [0.2, 0.25) is 0 Å². The molecule has 2 aromatic heterocycles. The van der Waals surface area contributed by atoms with Gasteiger partial charge in [0.05, 0.1) is 10.7 Å². The molecule has 0 aliphatic carbocycles. The second-order valence-corrected chi connectivity index (χ2v) is 10.4. The number of hydrogen-bond acceptors (Lipinski definition) is 6. The number of nitrogens with zero attached hydrogens (tertiary/aromatic N) is 6. The zero-order chi connectivity index (χ0) is 32.4. The fourth-order valence-corrected chi connectivity index (χ4v) is 5.84. The summed E-state index contributed by atoms with van der Waals surface area (Å²) in [6.45, 7) is 0. The Hall–Kier alpha value is -6.14. The second kappa shape index (κ2) is 10.2. The number of fused-ring (bicyclic) bond motifs is 6. The van der Waals surface area contributed by atoms with E-state index in [2.05, 4.69) is 20.0 Å². The molecule has 7 aromatic rings. The van der Waals surface area contributed by atoms with E-state index >= 15 is 0 Å². The van der Waals surface area contributed by atoms with Gasteiger partial charge in [-0.2, -0.15) is 46.9 Å². The maximum Gasteiger partial charge on any atom is 0.433 e. The minimum atomic E-state index is -4.57. The Bertz CT molecular complexity index is 2380. The summed E-state index contributed by atoms with van der Waals surface area (Å²) < 4.78 is 78.2. The molecule has 5 aromatic carbocycles. The van der Waals surface area contributed by atoms with Gasteiger partial charge in [0.15, 0.2) is 0 Å². The molecule has 46 heavy (non-hydrogen) atoms. The monoisotopic (exact) mass is 620 g/mol. The lowest BCUT2D eigenvalue weighted by Crippen LogP contribution is -2.07. The third kappa shape index (κ3) is 4.59. The molecular formula is C34H14F6N6. The van der Waals surface area contributed by atoms with Crippen LogP contribution >= 0.6 is 0 Å². The maximum atomic E-state index is 13.0. The van der Waals surface area contributed by atoms with Crippen molar-refractivity contribution in [2.24, 2.45) is 9.98 Å². The fourth-order valence-electron chi connectivity index (χ4n) is 5.84. The first kappa shape index (κ1) is 28.6.